The Morgan fingerprint density at radius 1 is 1.38 bits per heavy atom. The van der Waals surface area contributed by atoms with Crippen LogP contribution in [0.4, 0.5) is 13.2 Å². The lowest BCUT2D eigenvalue weighted by atomic mass is 10.1. The van der Waals surface area contributed by atoms with E-state index < -0.39 is 18.8 Å². The van der Waals surface area contributed by atoms with Gasteiger partial charge in [0.15, 0.2) is 0 Å². The first-order chi connectivity index (χ1) is 5.99. The van der Waals surface area contributed by atoms with Gasteiger partial charge < -0.3 is 10.4 Å². The molecule has 0 aromatic rings. The van der Waals surface area contributed by atoms with Crippen molar-refractivity contribution in [3.63, 3.8) is 0 Å². The molecule has 0 heterocycles. The number of nitrogens with one attached hydrogen (secondary N) is 1. The van der Waals surface area contributed by atoms with E-state index in [1.165, 1.54) is 0 Å². The van der Waals surface area contributed by atoms with Crippen LogP contribution in [0, 0.1) is 0 Å². The van der Waals surface area contributed by atoms with Crippen molar-refractivity contribution in [2.24, 2.45) is 0 Å². The highest BCUT2D eigenvalue weighted by atomic mass is 19.4. The van der Waals surface area contributed by atoms with Gasteiger partial charge in [-0.3, -0.25) is 0 Å². The Morgan fingerprint density at radius 2 is 2.00 bits per heavy atom. The molecule has 0 saturated heterocycles. The van der Waals surface area contributed by atoms with E-state index in [1.54, 1.807) is 0 Å². The Bertz CT molecular complexity index is 127. The summed E-state index contributed by atoms with van der Waals surface area (Å²) in [6, 6.07) is -0.429. The molecule has 0 aromatic carbocycles. The van der Waals surface area contributed by atoms with E-state index in [9.17, 15) is 13.2 Å². The summed E-state index contributed by atoms with van der Waals surface area (Å²) in [5, 5.41) is 11.0. The molecular weight excluding hydrogens is 183 g/mol. The number of alkyl halides is 3. The average Bonchev–Trinajstić information content (AvgIpc) is 2.03. The van der Waals surface area contributed by atoms with E-state index >= 15 is 0 Å². The van der Waals surface area contributed by atoms with E-state index in [-0.39, 0.29) is 6.61 Å². The minimum atomic E-state index is -4.19. The molecule has 0 spiro atoms. The van der Waals surface area contributed by atoms with E-state index in [1.807, 2.05) is 6.92 Å². The first kappa shape index (κ1) is 12.7. The highest BCUT2D eigenvalue weighted by molar-refractivity contribution is 4.67. The fourth-order valence-corrected chi connectivity index (χ4v) is 0.968. The van der Waals surface area contributed by atoms with Crippen LogP contribution in [-0.2, 0) is 0 Å². The Morgan fingerprint density at radius 3 is 2.38 bits per heavy atom. The van der Waals surface area contributed by atoms with Crippen LogP contribution < -0.4 is 5.32 Å². The van der Waals surface area contributed by atoms with Gasteiger partial charge in [0.2, 0.25) is 0 Å². The Labute approximate surface area is 76.1 Å². The molecule has 13 heavy (non-hydrogen) atoms. The van der Waals surface area contributed by atoms with Crippen LogP contribution in [-0.4, -0.2) is 30.5 Å². The summed E-state index contributed by atoms with van der Waals surface area (Å²) in [5.74, 6) is 0. The predicted molar refractivity (Wildman–Crippen MR) is 44.5 cm³/mol. The summed E-state index contributed by atoms with van der Waals surface area (Å²) in [5.41, 5.74) is 0. The monoisotopic (exact) mass is 199 g/mol. The van der Waals surface area contributed by atoms with Crippen LogP contribution in [0.2, 0.25) is 0 Å². The largest absolute Gasteiger partial charge is 0.401 e. The van der Waals surface area contributed by atoms with Crippen LogP contribution in [0.3, 0.4) is 0 Å². The van der Waals surface area contributed by atoms with Gasteiger partial charge in [-0.25, -0.2) is 0 Å². The number of unbranched alkanes of at least 4 members (excludes halogenated alkanes) is 1. The standard InChI is InChI=1S/C8H16F3NO/c1-2-3-4-7(5-13)12-6-8(9,10)11/h7,12-13H,2-6H2,1H3. The number of rotatable bonds is 6. The second-order valence-electron chi connectivity index (χ2n) is 3.02. The van der Waals surface area contributed by atoms with Crippen molar-refractivity contribution in [1.82, 2.24) is 5.32 Å². The molecular formula is C8H16F3NO. The second-order valence-corrected chi connectivity index (χ2v) is 3.02. The van der Waals surface area contributed by atoms with Crippen molar-refractivity contribution in [1.29, 1.82) is 0 Å². The molecule has 0 bridgehead atoms. The van der Waals surface area contributed by atoms with Crippen molar-refractivity contribution in [3.05, 3.63) is 0 Å². The minimum absolute atomic E-state index is 0.240. The first-order valence-electron chi connectivity index (χ1n) is 4.40. The highest BCUT2D eigenvalue weighted by Crippen LogP contribution is 2.13. The van der Waals surface area contributed by atoms with E-state index in [2.05, 4.69) is 5.32 Å². The van der Waals surface area contributed by atoms with Gasteiger partial charge in [0.05, 0.1) is 13.2 Å². The zero-order valence-corrected chi connectivity index (χ0v) is 7.69. The van der Waals surface area contributed by atoms with Gasteiger partial charge in [0.1, 0.15) is 0 Å². The molecule has 0 saturated carbocycles. The number of aliphatic hydroxyl groups is 1. The van der Waals surface area contributed by atoms with E-state index in [0.29, 0.717) is 6.42 Å². The SMILES string of the molecule is CCCCC(CO)NCC(F)(F)F. The summed E-state index contributed by atoms with van der Waals surface area (Å²) < 4.78 is 35.2. The molecule has 0 aromatic heterocycles. The van der Waals surface area contributed by atoms with Gasteiger partial charge in [-0.05, 0) is 6.42 Å². The normalized spacial score (nSPS) is 14.5. The van der Waals surface area contributed by atoms with Crippen LogP contribution in [0.15, 0.2) is 0 Å². The highest BCUT2D eigenvalue weighted by Gasteiger charge is 2.27. The third-order valence-electron chi connectivity index (χ3n) is 1.72. The molecule has 0 amide bonds. The third kappa shape index (κ3) is 8.05. The lowest BCUT2D eigenvalue weighted by Crippen LogP contribution is -2.39. The molecule has 2 N–H and O–H groups in total. The molecule has 0 radical (unpaired) electrons. The van der Waals surface area contributed by atoms with Crippen molar-refractivity contribution in [2.45, 2.75) is 38.4 Å². The second kappa shape index (κ2) is 6.21. The van der Waals surface area contributed by atoms with Crippen LogP contribution in [0.1, 0.15) is 26.2 Å². The lowest BCUT2D eigenvalue weighted by molar-refractivity contribution is -0.126. The molecule has 0 aliphatic heterocycles. The first-order valence-corrected chi connectivity index (χ1v) is 4.40. The fourth-order valence-electron chi connectivity index (χ4n) is 0.968. The van der Waals surface area contributed by atoms with Crippen LogP contribution >= 0.6 is 0 Å². The van der Waals surface area contributed by atoms with E-state index in [4.69, 9.17) is 5.11 Å². The number of hydrogen-bond acceptors (Lipinski definition) is 2. The van der Waals surface area contributed by atoms with Crippen molar-refractivity contribution in [3.8, 4) is 0 Å². The van der Waals surface area contributed by atoms with Gasteiger partial charge in [-0.15, -0.1) is 0 Å². The topological polar surface area (TPSA) is 32.3 Å². The zero-order valence-electron chi connectivity index (χ0n) is 7.69. The smallest absolute Gasteiger partial charge is 0.395 e. The summed E-state index contributed by atoms with van der Waals surface area (Å²) in [4.78, 5) is 0. The number of hydrogen-bond donors (Lipinski definition) is 2. The molecule has 2 nitrogen and oxygen atoms in total. The maximum atomic E-state index is 11.7. The Kier molecular flexibility index (Phi) is 6.07. The molecule has 1 atom stereocenters. The molecule has 0 rings (SSSR count). The molecule has 0 aliphatic rings. The third-order valence-corrected chi connectivity index (χ3v) is 1.72. The lowest BCUT2D eigenvalue weighted by Gasteiger charge is -2.16. The van der Waals surface area contributed by atoms with Gasteiger partial charge in [0.25, 0.3) is 0 Å². The van der Waals surface area contributed by atoms with E-state index in [0.717, 1.165) is 12.8 Å². The zero-order chi connectivity index (χ0) is 10.3. The van der Waals surface area contributed by atoms with Gasteiger partial charge in [0, 0.05) is 6.04 Å². The molecule has 0 aliphatic carbocycles. The van der Waals surface area contributed by atoms with Gasteiger partial charge >= 0.3 is 6.18 Å². The van der Waals surface area contributed by atoms with Crippen molar-refractivity contribution in [2.75, 3.05) is 13.2 Å². The summed E-state index contributed by atoms with van der Waals surface area (Å²) in [6.07, 6.45) is -1.86. The Hall–Kier alpha value is -0.290. The molecule has 0 fully saturated rings. The number of aliphatic hydroxyl groups excluding tert-OH is 1. The van der Waals surface area contributed by atoms with Crippen molar-refractivity contribution < 1.29 is 18.3 Å². The average molecular weight is 199 g/mol. The van der Waals surface area contributed by atoms with Crippen molar-refractivity contribution >= 4 is 0 Å². The molecule has 1 unspecified atom stereocenters. The number of halogens is 3. The van der Waals surface area contributed by atoms with Gasteiger partial charge in [-0.2, -0.15) is 13.2 Å². The quantitative estimate of drug-likeness (QED) is 0.682. The maximum Gasteiger partial charge on any atom is 0.401 e. The fraction of sp³-hybridized carbons (Fsp3) is 1.00. The minimum Gasteiger partial charge on any atom is -0.395 e. The predicted octanol–water partition coefficient (Wildman–Crippen LogP) is 1.69. The summed E-state index contributed by atoms with van der Waals surface area (Å²) in [6.45, 7) is 0.691. The van der Waals surface area contributed by atoms with Crippen LogP contribution in [0.25, 0.3) is 0 Å². The maximum absolute atomic E-state index is 11.7. The molecule has 80 valence electrons. The summed E-state index contributed by atoms with van der Waals surface area (Å²) in [7, 11) is 0. The summed E-state index contributed by atoms with van der Waals surface area (Å²) >= 11 is 0. The van der Waals surface area contributed by atoms with Gasteiger partial charge in [-0.1, -0.05) is 19.8 Å². The Balaban J connectivity index is 3.59. The van der Waals surface area contributed by atoms with Crippen LogP contribution in [0.5, 0.6) is 0 Å². The molecule has 5 heteroatoms.